The summed E-state index contributed by atoms with van der Waals surface area (Å²) in [6.07, 6.45) is 1.96. The minimum atomic E-state index is 0.364. The van der Waals surface area contributed by atoms with Gasteiger partial charge in [0, 0.05) is 23.9 Å². The number of anilines is 1. The molecule has 1 aromatic rings. The number of nitrogens with zero attached hydrogens (tertiary/aromatic N) is 1. The van der Waals surface area contributed by atoms with Gasteiger partial charge in [-0.15, -0.1) is 0 Å². The maximum absolute atomic E-state index is 11.1. The van der Waals surface area contributed by atoms with Crippen molar-refractivity contribution in [2.45, 2.75) is 32.4 Å². The molecule has 0 amide bonds. The van der Waals surface area contributed by atoms with Gasteiger partial charge < -0.3 is 9.64 Å². The number of aldehydes is 1. The molecule has 0 bridgehead atoms. The van der Waals surface area contributed by atoms with E-state index in [4.69, 9.17) is 4.74 Å². The van der Waals surface area contributed by atoms with Crippen LogP contribution in [-0.4, -0.2) is 31.6 Å². The van der Waals surface area contributed by atoms with Gasteiger partial charge in [0.25, 0.3) is 0 Å². The Kier molecular flexibility index (Phi) is 3.79. The highest BCUT2D eigenvalue weighted by Gasteiger charge is 2.26. The van der Waals surface area contributed by atoms with Gasteiger partial charge in [-0.2, -0.15) is 0 Å². The topological polar surface area (TPSA) is 29.5 Å². The Bertz CT molecular complexity index is 384. The van der Waals surface area contributed by atoms with Crippen molar-refractivity contribution in [1.29, 1.82) is 0 Å². The molecule has 1 saturated heterocycles. The second-order valence-corrected chi connectivity index (χ2v) is 4.70. The molecule has 0 saturated carbocycles. The molecule has 1 fully saturated rings. The summed E-state index contributed by atoms with van der Waals surface area (Å²) < 4.78 is 5.45. The van der Waals surface area contributed by atoms with E-state index in [9.17, 15) is 4.79 Å². The number of hydrogen-bond acceptors (Lipinski definition) is 3. The van der Waals surface area contributed by atoms with Crippen LogP contribution in [-0.2, 0) is 4.74 Å². The first kappa shape index (κ1) is 12.1. The van der Waals surface area contributed by atoms with Gasteiger partial charge in [-0.25, -0.2) is 0 Å². The van der Waals surface area contributed by atoms with Crippen molar-refractivity contribution in [3.05, 3.63) is 29.8 Å². The van der Waals surface area contributed by atoms with Gasteiger partial charge in [-0.1, -0.05) is 12.1 Å². The van der Waals surface area contributed by atoms with E-state index in [-0.39, 0.29) is 0 Å². The lowest BCUT2D eigenvalue weighted by molar-refractivity contribution is 0.112. The third-order valence-corrected chi connectivity index (χ3v) is 3.20. The van der Waals surface area contributed by atoms with Crippen molar-refractivity contribution >= 4 is 12.0 Å². The van der Waals surface area contributed by atoms with Crippen molar-refractivity contribution < 1.29 is 9.53 Å². The number of ether oxygens (including phenoxy) is 1. The lowest BCUT2D eigenvalue weighted by atomic mass is 10.1. The number of para-hydroxylation sites is 1. The van der Waals surface area contributed by atoms with Crippen LogP contribution in [0.1, 0.15) is 30.6 Å². The summed E-state index contributed by atoms with van der Waals surface area (Å²) in [6, 6.07) is 8.51. The fourth-order valence-corrected chi connectivity index (χ4v) is 2.46. The molecule has 1 atom stereocenters. The smallest absolute Gasteiger partial charge is 0.152 e. The van der Waals surface area contributed by atoms with E-state index in [1.54, 1.807) is 0 Å². The average molecular weight is 233 g/mol. The van der Waals surface area contributed by atoms with E-state index in [0.29, 0.717) is 12.1 Å². The minimum absolute atomic E-state index is 0.364. The summed E-state index contributed by atoms with van der Waals surface area (Å²) in [5.41, 5.74) is 1.78. The summed E-state index contributed by atoms with van der Waals surface area (Å²) in [5.74, 6) is 0. The number of rotatable bonds is 4. The van der Waals surface area contributed by atoms with Crippen LogP contribution in [0.3, 0.4) is 0 Å². The molecule has 1 aliphatic heterocycles. The predicted molar refractivity (Wildman–Crippen MR) is 68.7 cm³/mol. The first-order chi connectivity index (χ1) is 8.24. The Labute approximate surface area is 102 Å². The molecule has 1 unspecified atom stereocenters. The minimum Gasteiger partial charge on any atom is -0.379 e. The molecule has 1 aromatic carbocycles. The van der Waals surface area contributed by atoms with E-state index in [1.807, 2.05) is 24.3 Å². The van der Waals surface area contributed by atoms with Crippen LogP contribution in [0.2, 0.25) is 0 Å². The van der Waals surface area contributed by atoms with Gasteiger partial charge in [0.15, 0.2) is 6.29 Å². The molecule has 92 valence electrons. The lowest BCUT2D eigenvalue weighted by Crippen LogP contribution is -2.41. The monoisotopic (exact) mass is 233 g/mol. The summed E-state index contributed by atoms with van der Waals surface area (Å²) >= 11 is 0. The van der Waals surface area contributed by atoms with E-state index < -0.39 is 0 Å². The van der Waals surface area contributed by atoms with E-state index in [2.05, 4.69) is 18.7 Å². The molecule has 0 radical (unpaired) electrons. The number of benzene rings is 1. The van der Waals surface area contributed by atoms with Gasteiger partial charge in [0.05, 0.1) is 12.6 Å². The summed E-state index contributed by atoms with van der Waals surface area (Å²) in [4.78, 5) is 13.4. The zero-order chi connectivity index (χ0) is 12.3. The first-order valence-corrected chi connectivity index (χ1v) is 6.14. The molecule has 2 rings (SSSR count). The van der Waals surface area contributed by atoms with Gasteiger partial charge in [-0.3, -0.25) is 4.79 Å². The first-order valence-electron chi connectivity index (χ1n) is 6.14. The number of carbonyl (C=O) groups excluding carboxylic acids is 1. The van der Waals surface area contributed by atoms with Crippen LogP contribution in [0, 0.1) is 0 Å². The summed E-state index contributed by atoms with van der Waals surface area (Å²) in [6.45, 7) is 5.88. The average Bonchev–Trinajstić information content (AvgIpc) is 2.83. The molecule has 0 aliphatic carbocycles. The van der Waals surface area contributed by atoms with Gasteiger partial charge in [0.2, 0.25) is 0 Å². The normalized spacial score (nSPS) is 19.6. The van der Waals surface area contributed by atoms with Crippen molar-refractivity contribution in [2.24, 2.45) is 0 Å². The molecule has 17 heavy (non-hydrogen) atoms. The summed E-state index contributed by atoms with van der Waals surface area (Å²) in [7, 11) is 0. The summed E-state index contributed by atoms with van der Waals surface area (Å²) in [5, 5.41) is 0. The zero-order valence-corrected chi connectivity index (χ0v) is 10.4. The SMILES string of the molecule is CC(C)N(c1ccccc1C=O)C1CCOC1. The molecular weight excluding hydrogens is 214 g/mol. The third kappa shape index (κ3) is 2.50. The van der Waals surface area contributed by atoms with E-state index >= 15 is 0 Å². The van der Waals surface area contributed by atoms with Crippen LogP contribution in [0.4, 0.5) is 5.69 Å². The molecule has 0 aromatic heterocycles. The third-order valence-electron chi connectivity index (χ3n) is 3.20. The largest absolute Gasteiger partial charge is 0.379 e. The van der Waals surface area contributed by atoms with Crippen LogP contribution in [0.15, 0.2) is 24.3 Å². The Morgan fingerprint density at radius 1 is 1.41 bits per heavy atom. The highest BCUT2D eigenvalue weighted by Crippen LogP contribution is 2.26. The van der Waals surface area contributed by atoms with Crippen LogP contribution < -0.4 is 4.90 Å². The fourth-order valence-electron chi connectivity index (χ4n) is 2.46. The van der Waals surface area contributed by atoms with Crippen molar-refractivity contribution in [2.75, 3.05) is 18.1 Å². The number of hydrogen-bond donors (Lipinski definition) is 0. The lowest BCUT2D eigenvalue weighted by Gasteiger charge is -2.35. The molecule has 3 nitrogen and oxygen atoms in total. The molecule has 3 heteroatoms. The van der Waals surface area contributed by atoms with E-state index in [1.165, 1.54) is 0 Å². The zero-order valence-electron chi connectivity index (χ0n) is 10.4. The molecule has 0 N–H and O–H groups in total. The Balaban J connectivity index is 2.34. The Morgan fingerprint density at radius 2 is 2.18 bits per heavy atom. The second-order valence-electron chi connectivity index (χ2n) is 4.70. The van der Waals surface area contributed by atoms with Gasteiger partial charge >= 0.3 is 0 Å². The standard InChI is InChI=1S/C14H19NO2/c1-11(2)15(13-7-8-17-10-13)14-6-4-3-5-12(14)9-16/h3-6,9,11,13H,7-8,10H2,1-2H3. The molecular formula is C14H19NO2. The highest BCUT2D eigenvalue weighted by atomic mass is 16.5. The van der Waals surface area contributed by atoms with Crippen LogP contribution in [0.5, 0.6) is 0 Å². The van der Waals surface area contributed by atoms with Crippen molar-refractivity contribution in [3.63, 3.8) is 0 Å². The van der Waals surface area contributed by atoms with Crippen LogP contribution >= 0.6 is 0 Å². The van der Waals surface area contributed by atoms with Gasteiger partial charge in [-0.05, 0) is 32.4 Å². The maximum Gasteiger partial charge on any atom is 0.152 e. The molecule has 1 heterocycles. The quantitative estimate of drug-likeness (QED) is 0.748. The van der Waals surface area contributed by atoms with E-state index in [0.717, 1.165) is 37.2 Å². The highest BCUT2D eigenvalue weighted by molar-refractivity contribution is 5.84. The Morgan fingerprint density at radius 3 is 2.76 bits per heavy atom. The molecule has 1 aliphatic rings. The van der Waals surface area contributed by atoms with Crippen molar-refractivity contribution in [3.8, 4) is 0 Å². The van der Waals surface area contributed by atoms with Crippen LogP contribution in [0.25, 0.3) is 0 Å². The second kappa shape index (κ2) is 5.32. The molecule has 0 spiro atoms. The van der Waals surface area contributed by atoms with Gasteiger partial charge in [0.1, 0.15) is 0 Å². The van der Waals surface area contributed by atoms with Crippen molar-refractivity contribution in [1.82, 2.24) is 0 Å². The fraction of sp³-hybridized carbons (Fsp3) is 0.500. The Hall–Kier alpha value is -1.35. The maximum atomic E-state index is 11.1. The predicted octanol–water partition coefficient (Wildman–Crippen LogP) is 2.50. The number of carbonyl (C=O) groups is 1.